The van der Waals surface area contributed by atoms with Gasteiger partial charge in [-0.25, -0.2) is 0 Å². The van der Waals surface area contributed by atoms with Crippen LogP contribution in [0.1, 0.15) is 12.8 Å². The van der Waals surface area contributed by atoms with Gasteiger partial charge in [0.05, 0.1) is 25.2 Å². The summed E-state index contributed by atoms with van der Waals surface area (Å²) >= 11 is 0. The van der Waals surface area contributed by atoms with E-state index in [-0.39, 0.29) is 11.4 Å². The predicted molar refractivity (Wildman–Crippen MR) is 90.7 cm³/mol. The molecule has 0 bridgehead atoms. The molecule has 0 aliphatic heterocycles. The Labute approximate surface area is 140 Å². The van der Waals surface area contributed by atoms with Crippen LogP contribution in [0.5, 0.6) is 17.2 Å². The van der Waals surface area contributed by atoms with Crippen molar-refractivity contribution in [1.82, 2.24) is 0 Å². The molecular weight excluding hydrogens is 312 g/mol. The fraction of sp³-hybridized carbons (Fsp3) is 0.294. The molecule has 2 aromatic rings. The summed E-state index contributed by atoms with van der Waals surface area (Å²) in [7, 11) is 1.61. The molecular formula is C17H20N2O5. The van der Waals surface area contributed by atoms with E-state index in [1.54, 1.807) is 13.2 Å². The zero-order valence-electron chi connectivity index (χ0n) is 13.4. The molecule has 2 rings (SSSR count). The number of hydrogen-bond acceptors (Lipinski definition) is 6. The summed E-state index contributed by atoms with van der Waals surface area (Å²) < 4.78 is 16.1. The van der Waals surface area contributed by atoms with Gasteiger partial charge in [0.15, 0.2) is 5.75 Å². The monoisotopic (exact) mass is 332 g/mol. The lowest BCUT2D eigenvalue weighted by Crippen LogP contribution is -2.04. The molecule has 0 radical (unpaired) electrons. The Bertz CT molecular complexity index is 673. The number of anilines is 1. The van der Waals surface area contributed by atoms with Crippen molar-refractivity contribution in [3.63, 3.8) is 0 Å². The molecule has 0 heterocycles. The number of benzene rings is 2. The van der Waals surface area contributed by atoms with E-state index >= 15 is 0 Å². The van der Waals surface area contributed by atoms with Gasteiger partial charge in [0, 0.05) is 11.8 Å². The molecule has 0 aliphatic rings. The summed E-state index contributed by atoms with van der Waals surface area (Å²) in [6, 6.07) is 11.7. The van der Waals surface area contributed by atoms with E-state index in [2.05, 4.69) is 0 Å². The normalized spacial score (nSPS) is 10.2. The average Bonchev–Trinajstić information content (AvgIpc) is 2.59. The fourth-order valence-electron chi connectivity index (χ4n) is 2.05. The van der Waals surface area contributed by atoms with E-state index in [0.717, 1.165) is 24.3 Å². The molecule has 0 atom stereocenters. The molecule has 2 aromatic carbocycles. The molecule has 0 spiro atoms. The molecule has 24 heavy (non-hydrogen) atoms. The van der Waals surface area contributed by atoms with Crippen LogP contribution in [0.25, 0.3) is 0 Å². The summed E-state index contributed by atoms with van der Waals surface area (Å²) in [4.78, 5) is 10.5. The standard InChI is InChI=1S/C17H20N2O5/c1-22-14-5-7-15(8-6-14)23-10-2-3-11-24-17-9-4-13(18)12-16(17)19(20)21/h4-9,12H,2-3,10-11,18H2,1H3. The summed E-state index contributed by atoms with van der Waals surface area (Å²) in [5.74, 6) is 1.78. The van der Waals surface area contributed by atoms with Gasteiger partial charge in [-0.2, -0.15) is 0 Å². The Hall–Kier alpha value is -2.96. The average molecular weight is 332 g/mol. The molecule has 7 heteroatoms. The summed E-state index contributed by atoms with van der Waals surface area (Å²) in [6.07, 6.45) is 1.49. The van der Waals surface area contributed by atoms with Crippen molar-refractivity contribution in [3.8, 4) is 17.2 Å². The van der Waals surface area contributed by atoms with E-state index < -0.39 is 4.92 Å². The molecule has 0 fully saturated rings. The maximum Gasteiger partial charge on any atom is 0.312 e. The van der Waals surface area contributed by atoms with Crippen molar-refractivity contribution < 1.29 is 19.1 Å². The zero-order valence-corrected chi connectivity index (χ0v) is 13.4. The lowest BCUT2D eigenvalue weighted by molar-refractivity contribution is -0.385. The number of nitro benzene ring substituents is 1. The molecule has 7 nitrogen and oxygen atoms in total. The summed E-state index contributed by atoms with van der Waals surface area (Å²) in [6.45, 7) is 0.913. The molecule has 128 valence electrons. The third kappa shape index (κ3) is 5.05. The second kappa shape index (κ2) is 8.61. The molecule has 2 N–H and O–H groups in total. The van der Waals surface area contributed by atoms with Gasteiger partial charge in [0.1, 0.15) is 11.5 Å². The minimum Gasteiger partial charge on any atom is -0.497 e. The van der Waals surface area contributed by atoms with Crippen molar-refractivity contribution in [2.45, 2.75) is 12.8 Å². The number of methoxy groups -OCH3 is 1. The van der Waals surface area contributed by atoms with Crippen LogP contribution in [0.3, 0.4) is 0 Å². The first-order chi connectivity index (χ1) is 11.6. The van der Waals surface area contributed by atoms with Crippen molar-refractivity contribution in [3.05, 3.63) is 52.6 Å². The van der Waals surface area contributed by atoms with Crippen LogP contribution in [0.15, 0.2) is 42.5 Å². The highest BCUT2D eigenvalue weighted by molar-refractivity contribution is 5.56. The van der Waals surface area contributed by atoms with Crippen molar-refractivity contribution in [2.24, 2.45) is 0 Å². The SMILES string of the molecule is COc1ccc(OCCCCOc2ccc(N)cc2[N+](=O)[O-])cc1. The van der Waals surface area contributed by atoms with Gasteiger partial charge in [-0.1, -0.05) is 0 Å². The first-order valence-electron chi connectivity index (χ1n) is 7.53. The number of nitro groups is 1. The smallest absolute Gasteiger partial charge is 0.312 e. The van der Waals surface area contributed by atoms with Gasteiger partial charge < -0.3 is 19.9 Å². The number of hydrogen-bond donors (Lipinski definition) is 1. The van der Waals surface area contributed by atoms with Crippen LogP contribution >= 0.6 is 0 Å². The van der Waals surface area contributed by atoms with E-state index in [4.69, 9.17) is 19.9 Å². The minimum atomic E-state index is -0.502. The van der Waals surface area contributed by atoms with E-state index in [1.807, 2.05) is 24.3 Å². The van der Waals surface area contributed by atoms with E-state index in [0.29, 0.717) is 18.9 Å². The minimum absolute atomic E-state index is 0.121. The molecule has 0 unspecified atom stereocenters. The first kappa shape index (κ1) is 17.4. The van der Waals surface area contributed by atoms with Crippen molar-refractivity contribution in [1.29, 1.82) is 0 Å². The Morgan fingerprint density at radius 2 is 1.62 bits per heavy atom. The molecule has 0 aliphatic carbocycles. The van der Waals surface area contributed by atoms with Crippen LogP contribution < -0.4 is 19.9 Å². The molecule has 0 aromatic heterocycles. The first-order valence-corrected chi connectivity index (χ1v) is 7.53. The number of ether oxygens (including phenoxy) is 3. The zero-order chi connectivity index (χ0) is 17.4. The predicted octanol–water partition coefficient (Wildman–Crippen LogP) is 3.42. The third-order valence-corrected chi connectivity index (χ3v) is 3.30. The van der Waals surface area contributed by atoms with Gasteiger partial charge in [0.25, 0.3) is 0 Å². The number of unbranched alkanes of at least 4 members (excludes halogenated alkanes) is 1. The highest BCUT2D eigenvalue weighted by atomic mass is 16.6. The highest BCUT2D eigenvalue weighted by Crippen LogP contribution is 2.29. The largest absolute Gasteiger partial charge is 0.497 e. The maximum absolute atomic E-state index is 11.0. The topological polar surface area (TPSA) is 96.8 Å². The Kier molecular flexibility index (Phi) is 6.24. The van der Waals surface area contributed by atoms with Gasteiger partial charge in [-0.3, -0.25) is 10.1 Å². The molecule has 0 saturated carbocycles. The van der Waals surface area contributed by atoms with Crippen LogP contribution in [0.2, 0.25) is 0 Å². The quantitative estimate of drug-likeness (QED) is 0.327. The second-order valence-electron chi connectivity index (χ2n) is 5.06. The van der Waals surface area contributed by atoms with E-state index in [9.17, 15) is 10.1 Å². The van der Waals surface area contributed by atoms with Crippen molar-refractivity contribution >= 4 is 11.4 Å². The number of nitrogen functional groups attached to an aromatic ring is 1. The Balaban J connectivity index is 1.70. The summed E-state index contributed by atoms with van der Waals surface area (Å²) in [5, 5.41) is 11.0. The second-order valence-corrected chi connectivity index (χ2v) is 5.06. The lowest BCUT2D eigenvalue weighted by Gasteiger charge is -2.09. The van der Waals surface area contributed by atoms with Crippen LogP contribution in [0, 0.1) is 10.1 Å². The maximum atomic E-state index is 11.0. The third-order valence-electron chi connectivity index (χ3n) is 3.30. The Morgan fingerprint density at radius 3 is 2.25 bits per heavy atom. The molecule has 0 saturated heterocycles. The molecule has 0 amide bonds. The van der Waals surface area contributed by atoms with Gasteiger partial charge in [0.2, 0.25) is 0 Å². The summed E-state index contributed by atoms with van der Waals surface area (Å²) in [5.41, 5.74) is 5.76. The highest BCUT2D eigenvalue weighted by Gasteiger charge is 2.15. The van der Waals surface area contributed by atoms with E-state index in [1.165, 1.54) is 12.1 Å². The number of nitrogens with zero attached hydrogens (tertiary/aromatic N) is 1. The van der Waals surface area contributed by atoms with Crippen LogP contribution in [-0.2, 0) is 0 Å². The van der Waals surface area contributed by atoms with Crippen LogP contribution in [-0.4, -0.2) is 25.2 Å². The number of nitrogens with two attached hydrogens (primary N) is 1. The van der Waals surface area contributed by atoms with Crippen molar-refractivity contribution in [2.75, 3.05) is 26.1 Å². The lowest BCUT2D eigenvalue weighted by atomic mass is 10.2. The van der Waals surface area contributed by atoms with Gasteiger partial charge in [-0.15, -0.1) is 0 Å². The fourth-order valence-corrected chi connectivity index (χ4v) is 2.05. The number of rotatable bonds is 9. The van der Waals surface area contributed by atoms with Crippen LogP contribution in [0.4, 0.5) is 11.4 Å². The Morgan fingerprint density at radius 1 is 1.00 bits per heavy atom. The van der Waals surface area contributed by atoms with Gasteiger partial charge >= 0.3 is 5.69 Å². The van der Waals surface area contributed by atoms with Gasteiger partial charge in [-0.05, 0) is 49.2 Å².